The van der Waals surface area contributed by atoms with Gasteiger partial charge in [-0.25, -0.2) is 9.78 Å². The first-order valence-corrected chi connectivity index (χ1v) is 3.78. The number of ether oxygens (including phenoxy) is 2. The van der Waals surface area contributed by atoms with E-state index in [-0.39, 0.29) is 5.88 Å². The van der Waals surface area contributed by atoms with Gasteiger partial charge in [-0.2, -0.15) is 0 Å². The standard InChI is InChI=1S/C9H11NO3/c1-6-4-7(9(11)13-3)8(12-2)10-5-6/h4-5H,1-3H3. The van der Waals surface area contributed by atoms with Crippen LogP contribution in [0.4, 0.5) is 0 Å². The normalized spacial score (nSPS) is 9.46. The van der Waals surface area contributed by atoms with E-state index in [0.717, 1.165) is 5.56 Å². The quantitative estimate of drug-likeness (QED) is 0.643. The average Bonchev–Trinajstić information content (AvgIpc) is 2.16. The van der Waals surface area contributed by atoms with Gasteiger partial charge in [-0.3, -0.25) is 0 Å². The highest BCUT2D eigenvalue weighted by Gasteiger charge is 2.13. The third-order valence-corrected chi connectivity index (χ3v) is 1.59. The van der Waals surface area contributed by atoms with Crippen LogP contribution in [0.5, 0.6) is 5.88 Å². The van der Waals surface area contributed by atoms with Gasteiger partial charge >= 0.3 is 5.97 Å². The lowest BCUT2D eigenvalue weighted by Crippen LogP contribution is -2.05. The molecule has 1 rings (SSSR count). The number of hydrogen-bond donors (Lipinski definition) is 0. The molecule has 13 heavy (non-hydrogen) atoms. The highest BCUT2D eigenvalue weighted by molar-refractivity contribution is 5.91. The van der Waals surface area contributed by atoms with Gasteiger partial charge in [0.1, 0.15) is 5.56 Å². The molecule has 0 saturated carbocycles. The number of aromatic nitrogens is 1. The van der Waals surface area contributed by atoms with Crippen molar-refractivity contribution >= 4 is 5.97 Å². The van der Waals surface area contributed by atoms with Crippen molar-refractivity contribution in [2.75, 3.05) is 14.2 Å². The van der Waals surface area contributed by atoms with Gasteiger partial charge in [0.2, 0.25) is 5.88 Å². The Morgan fingerprint density at radius 3 is 2.69 bits per heavy atom. The first-order chi connectivity index (χ1) is 6.19. The smallest absolute Gasteiger partial charge is 0.343 e. The van der Waals surface area contributed by atoms with E-state index in [1.807, 2.05) is 6.92 Å². The summed E-state index contributed by atoms with van der Waals surface area (Å²) in [5.74, 6) is -0.148. The molecule has 0 bridgehead atoms. The molecule has 0 aliphatic heterocycles. The Labute approximate surface area is 76.5 Å². The summed E-state index contributed by atoms with van der Waals surface area (Å²) in [5.41, 5.74) is 1.24. The molecule has 4 nitrogen and oxygen atoms in total. The van der Waals surface area contributed by atoms with Crippen LogP contribution in [0.1, 0.15) is 15.9 Å². The van der Waals surface area contributed by atoms with Gasteiger partial charge in [0.05, 0.1) is 14.2 Å². The Bertz CT molecular complexity index is 323. The number of hydrogen-bond acceptors (Lipinski definition) is 4. The van der Waals surface area contributed by atoms with Crippen LogP contribution in [0.15, 0.2) is 12.3 Å². The molecule has 4 heteroatoms. The lowest BCUT2D eigenvalue weighted by molar-refractivity contribution is 0.0596. The minimum absolute atomic E-state index is 0.289. The van der Waals surface area contributed by atoms with E-state index in [1.165, 1.54) is 14.2 Å². The molecule has 0 amide bonds. The molecular weight excluding hydrogens is 170 g/mol. The zero-order chi connectivity index (χ0) is 9.84. The Morgan fingerprint density at radius 1 is 1.46 bits per heavy atom. The van der Waals surface area contributed by atoms with Crippen LogP contribution in [0.3, 0.4) is 0 Å². The summed E-state index contributed by atoms with van der Waals surface area (Å²) in [6.07, 6.45) is 1.63. The van der Waals surface area contributed by atoms with Crippen LogP contribution >= 0.6 is 0 Å². The van der Waals surface area contributed by atoms with Gasteiger partial charge in [0.25, 0.3) is 0 Å². The summed E-state index contributed by atoms with van der Waals surface area (Å²) in [7, 11) is 2.79. The van der Waals surface area contributed by atoms with Gasteiger partial charge in [0, 0.05) is 6.20 Å². The minimum Gasteiger partial charge on any atom is -0.480 e. The molecule has 0 aliphatic carbocycles. The molecule has 0 fully saturated rings. The maximum Gasteiger partial charge on any atom is 0.343 e. The van der Waals surface area contributed by atoms with Gasteiger partial charge in [-0.15, -0.1) is 0 Å². The zero-order valence-corrected chi connectivity index (χ0v) is 7.83. The number of rotatable bonds is 2. The van der Waals surface area contributed by atoms with Crippen molar-refractivity contribution in [2.45, 2.75) is 6.92 Å². The number of esters is 1. The van der Waals surface area contributed by atoms with Gasteiger partial charge in [-0.1, -0.05) is 0 Å². The fourth-order valence-corrected chi connectivity index (χ4v) is 0.976. The minimum atomic E-state index is -0.437. The molecule has 1 aromatic heterocycles. The summed E-state index contributed by atoms with van der Waals surface area (Å²) in [6.45, 7) is 1.85. The predicted octanol–water partition coefficient (Wildman–Crippen LogP) is 1.19. The van der Waals surface area contributed by atoms with Crippen LogP contribution in [0.25, 0.3) is 0 Å². The highest BCUT2D eigenvalue weighted by atomic mass is 16.5. The van der Waals surface area contributed by atoms with E-state index >= 15 is 0 Å². The fourth-order valence-electron chi connectivity index (χ4n) is 0.976. The lowest BCUT2D eigenvalue weighted by Gasteiger charge is -2.05. The number of nitrogens with zero attached hydrogens (tertiary/aromatic N) is 1. The maximum atomic E-state index is 11.2. The van der Waals surface area contributed by atoms with Crippen LogP contribution in [0.2, 0.25) is 0 Å². The Kier molecular flexibility index (Phi) is 2.84. The zero-order valence-electron chi connectivity index (χ0n) is 7.83. The Balaban J connectivity index is 3.15. The van der Waals surface area contributed by atoms with Gasteiger partial charge < -0.3 is 9.47 Å². The molecule has 0 unspecified atom stereocenters. The van der Waals surface area contributed by atoms with Crippen molar-refractivity contribution in [3.63, 3.8) is 0 Å². The Hall–Kier alpha value is -1.58. The molecule has 0 aliphatic rings. The van der Waals surface area contributed by atoms with Gasteiger partial charge in [0.15, 0.2) is 0 Å². The molecule has 0 atom stereocenters. The summed E-state index contributed by atoms with van der Waals surface area (Å²) in [4.78, 5) is 15.1. The number of aryl methyl sites for hydroxylation is 1. The molecule has 0 radical (unpaired) electrons. The topological polar surface area (TPSA) is 48.4 Å². The second-order valence-electron chi connectivity index (χ2n) is 2.56. The third-order valence-electron chi connectivity index (χ3n) is 1.59. The van der Waals surface area contributed by atoms with E-state index in [2.05, 4.69) is 9.72 Å². The molecule has 0 N–H and O–H groups in total. The number of pyridine rings is 1. The number of methoxy groups -OCH3 is 2. The number of carbonyl (C=O) groups excluding carboxylic acids is 1. The average molecular weight is 181 g/mol. The SMILES string of the molecule is COC(=O)c1cc(C)cnc1OC. The molecular formula is C9H11NO3. The van der Waals surface area contributed by atoms with E-state index in [1.54, 1.807) is 12.3 Å². The molecule has 0 spiro atoms. The molecule has 0 saturated heterocycles. The van der Waals surface area contributed by atoms with Crippen molar-refractivity contribution in [3.05, 3.63) is 23.4 Å². The maximum absolute atomic E-state index is 11.2. The van der Waals surface area contributed by atoms with E-state index in [9.17, 15) is 4.79 Å². The predicted molar refractivity (Wildman–Crippen MR) is 46.9 cm³/mol. The summed E-state index contributed by atoms with van der Waals surface area (Å²) >= 11 is 0. The summed E-state index contributed by atoms with van der Waals surface area (Å²) in [6, 6.07) is 1.68. The van der Waals surface area contributed by atoms with E-state index in [0.29, 0.717) is 5.56 Å². The van der Waals surface area contributed by atoms with Crippen molar-refractivity contribution in [3.8, 4) is 5.88 Å². The largest absolute Gasteiger partial charge is 0.480 e. The van der Waals surface area contributed by atoms with Crippen LogP contribution in [0, 0.1) is 6.92 Å². The van der Waals surface area contributed by atoms with Crippen molar-refractivity contribution < 1.29 is 14.3 Å². The second kappa shape index (κ2) is 3.89. The Morgan fingerprint density at radius 2 is 2.15 bits per heavy atom. The molecule has 0 aromatic carbocycles. The monoisotopic (exact) mass is 181 g/mol. The molecule has 1 aromatic rings. The van der Waals surface area contributed by atoms with Crippen LogP contribution < -0.4 is 4.74 Å². The van der Waals surface area contributed by atoms with Crippen LogP contribution in [-0.2, 0) is 4.74 Å². The highest BCUT2D eigenvalue weighted by Crippen LogP contribution is 2.16. The lowest BCUT2D eigenvalue weighted by atomic mass is 10.2. The molecule has 1 heterocycles. The second-order valence-corrected chi connectivity index (χ2v) is 2.56. The summed E-state index contributed by atoms with van der Waals surface area (Å²) in [5, 5.41) is 0. The first-order valence-electron chi connectivity index (χ1n) is 3.78. The third kappa shape index (κ3) is 1.96. The van der Waals surface area contributed by atoms with Crippen molar-refractivity contribution in [2.24, 2.45) is 0 Å². The van der Waals surface area contributed by atoms with E-state index in [4.69, 9.17) is 4.74 Å². The van der Waals surface area contributed by atoms with Gasteiger partial charge in [-0.05, 0) is 18.6 Å². The first kappa shape index (κ1) is 9.51. The number of carbonyl (C=O) groups is 1. The van der Waals surface area contributed by atoms with Crippen molar-refractivity contribution in [1.29, 1.82) is 0 Å². The van der Waals surface area contributed by atoms with E-state index < -0.39 is 5.97 Å². The van der Waals surface area contributed by atoms with Crippen molar-refractivity contribution in [1.82, 2.24) is 4.98 Å². The van der Waals surface area contributed by atoms with Crippen LogP contribution in [-0.4, -0.2) is 25.2 Å². The fraction of sp³-hybridized carbons (Fsp3) is 0.333. The molecule has 70 valence electrons. The summed E-state index contributed by atoms with van der Waals surface area (Å²) < 4.78 is 9.49.